The fraction of sp³-hybridized carbons (Fsp3) is 0.929. The summed E-state index contributed by atoms with van der Waals surface area (Å²) in [4.78, 5) is 12.1. The van der Waals surface area contributed by atoms with E-state index in [0.29, 0.717) is 31.2 Å². The smallest absolute Gasteiger partial charge is 0.150 e. The fourth-order valence-electron chi connectivity index (χ4n) is 2.55. The summed E-state index contributed by atoms with van der Waals surface area (Å²) in [7, 11) is 0. The summed E-state index contributed by atoms with van der Waals surface area (Å²) in [6.45, 7) is 3.86. The molecule has 17 heavy (non-hydrogen) atoms. The highest BCUT2D eigenvalue weighted by Crippen LogP contribution is 2.20. The lowest BCUT2D eigenvalue weighted by Gasteiger charge is -2.25. The molecule has 1 aliphatic carbocycles. The van der Waals surface area contributed by atoms with Gasteiger partial charge in [-0.1, -0.05) is 26.7 Å². The molecule has 0 amide bonds. The van der Waals surface area contributed by atoms with Crippen LogP contribution in [0.1, 0.15) is 58.8 Å². The van der Waals surface area contributed by atoms with Gasteiger partial charge in [-0.05, 0) is 31.6 Å². The van der Waals surface area contributed by atoms with Crippen molar-refractivity contribution in [3.05, 3.63) is 0 Å². The molecule has 0 aliphatic heterocycles. The van der Waals surface area contributed by atoms with Gasteiger partial charge in [0.25, 0.3) is 0 Å². The molecule has 0 radical (unpaired) electrons. The first kappa shape index (κ1) is 14.6. The van der Waals surface area contributed by atoms with E-state index in [2.05, 4.69) is 19.2 Å². The molecule has 0 heterocycles. The van der Waals surface area contributed by atoms with Crippen LogP contribution >= 0.6 is 0 Å². The zero-order valence-electron chi connectivity index (χ0n) is 11.2. The zero-order valence-corrected chi connectivity index (χ0v) is 11.2. The first-order valence-electron chi connectivity index (χ1n) is 7.00. The lowest BCUT2D eigenvalue weighted by Crippen LogP contribution is -2.45. The molecule has 1 unspecified atom stereocenters. The third-order valence-corrected chi connectivity index (χ3v) is 3.59. The van der Waals surface area contributed by atoms with Crippen molar-refractivity contribution in [2.24, 2.45) is 5.92 Å². The second-order valence-electron chi connectivity index (χ2n) is 5.48. The summed E-state index contributed by atoms with van der Waals surface area (Å²) < 4.78 is 12.0. The van der Waals surface area contributed by atoms with Gasteiger partial charge in [0.2, 0.25) is 0 Å². The van der Waals surface area contributed by atoms with Gasteiger partial charge < -0.3 is 5.32 Å². The van der Waals surface area contributed by atoms with Crippen LogP contribution in [0.15, 0.2) is 0 Å². The molecule has 1 aliphatic rings. The van der Waals surface area contributed by atoms with Gasteiger partial charge in [0, 0.05) is 12.5 Å². The Bertz CT molecular complexity index is 224. The Morgan fingerprint density at radius 2 is 1.94 bits per heavy atom. The molecule has 0 aromatic carbocycles. The Hall–Kier alpha value is -0.440. The van der Waals surface area contributed by atoms with E-state index in [1.807, 2.05) is 0 Å². The van der Waals surface area contributed by atoms with E-state index < -0.39 is 0 Å². The fourth-order valence-corrected chi connectivity index (χ4v) is 2.55. The molecule has 100 valence electrons. The van der Waals surface area contributed by atoms with Crippen molar-refractivity contribution >= 4 is 5.78 Å². The van der Waals surface area contributed by atoms with E-state index in [9.17, 15) is 9.18 Å². The Morgan fingerprint density at radius 1 is 1.29 bits per heavy atom. The number of halogens is 1. The molecule has 0 bridgehead atoms. The van der Waals surface area contributed by atoms with Crippen LogP contribution in [0.4, 0.5) is 4.39 Å². The summed E-state index contributed by atoms with van der Waals surface area (Å²) in [6, 6.07) is 0.491. The van der Waals surface area contributed by atoms with E-state index in [1.165, 1.54) is 25.7 Å². The number of hydrogen-bond acceptors (Lipinski definition) is 2. The Labute approximate surface area is 104 Å². The lowest BCUT2D eigenvalue weighted by atomic mass is 9.95. The SMILES string of the molecule is CC(C)C(NC1CCCC1)C(=O)CCCCF. The van der Waals surface area contributed by atoms with E-state index in [4.69, 9.17) is 0 Å². The normalized spacial score (nSPS) is 18.8. The summed E-state index contributed by atoms with van der Waals surface area (Å²) >= 11 is 0. The molecule has 0 spiro atoms. The van der Waals surface area contributed by atoms with E-state index in [-0.39, 0.29) is 18.5 Å². The molecule has 3 heteroatoms. The maximum atomic E-state index is 12.1. The van der Waals surface area contributed by atoms with Crippen molar-refractivity contribution in [2.45, 2.75) is 70.9 Å². The van der Waals surface area contributed by atoms with Gasteiger partial charge in [-0.2, -0.15) is 0 Å². The average molecular weight is 243 g/mol. The second kappa shape index (κ2) is 7.80. The Morgan fingerprint density at radius 3 is 2.47 bits per heavy atom. The van der Waals surface area contributed by atoms with Crippen LogP contribution in [0.5, 0.6) is 0 Å². The van der Waals surface area contributed by atoms with Crippen molar-refractivity contribution in [2.75, 3.05) is 6.67 Å². The standard InChI is InChI=1S/C14H26FNO/c1-11(2)14(13(17)9-5-6-10-15)16-12-7-3-4-8-12/h11-12,14,16H,3-10H2,1-2H3. The molecular formula is C14H26FNO. The molecule has 2 nitrogen and oxygen atoms in total. The van der Waals surface area contributed by atoms with Gasteiger partial charge in [0.05, 0.1) is 12.7 Å². The van der Waals surface area contributed by atoms with Crippen LogP contribution < -0.4 is 5.32 Å². The Kier molecular flexibility index (Phi) is 6.71. The van der Waals surface area contributed by atoms with Crippen molar-refractivity contribution in [1.82, 2.24) is 5.32 Å². The number of hydrogen-bond donors (Lipinski definition) is 1. The number of Topliss-reactive ketones (excluding diaryl/α,β-unsaturated/α-hetero) is 1. The van der Waals surface area contributed by atoms with Crippen LogP contribution in [-0.2, 0) is 4.79 Å². The van der Waals surface area contributed by atoms with E-state index in [1.54, 1.807) is 0 Å². The molecule has 1 saturated carbocycles. The van der Waals surface area contributed by atoms with Crippen LogP contribution in [0, 0.1) is 5.92 Å². The van der Waals surface area contributed by atoms with Gasteiger partial charge in [0.1, 0.15) is 5.78 Å². The van der Waals surface area contributed by atoms with Crippen LogP contribution in [0.25, 0.3) is 0 Å². The van der Waals surface area contributed by atoms with E-state index >= 15 is 0 Å². The number of nitrogens with one attached hydrogen (secondary N) is 1. The monoisotopic (exact) mass is 243 g/mol. The van der Waals surface area contributed by atoms with Crippen LogP contribution in [0.3, 0.4) is 0 Å². The number of alkyl halides is 1. The molecule has 1 atom stereocenters. The number of rotatable bonds is 8. The van der Waals surface area contributed by atoms with Gasteiger partial charge >= 0.3 is 0 Å². The topological polar surface area (TPSA) is 29.1 Å². The number of carbonyl (C=O) groups is 1. The highest BCUT2D eigenvalue weighted by molar-refractivity contribution is 5.84. The van der Waals surface area contributed by atoms with Crippen LogP contribution in [-0.4, -0.2) is 24.5 Å². The maximum Gasteiger partial charge on any atom is 0.150 e. The molecular weight excluding hydrogens is 217 g/mol. The number of carbonyl (C=O) groups excluding carboxylic acids is 1. The summed E-state index contributed by atoms with van der Waals surface area (Å²) in [5, 5.41) is 3.50. The highest BCUT2D eigenvalue weighted by atomic mass is 19.1. The van der Waals surface area contributed by atoms with Crippen molar-refractivity contribution in [3.63, 3.8) is 0 Å². The largest absolute Gasteiger partial charge is 0.304 e. The van der Waals surface area contributed by atoms with Crippen molar-refractivity contribution in [3.8, 4) is 0 Å². The summed E-state index contributed by atoms with van der Waals surface area (Å²) in [5.74, 6) is 0.592. The van der Waals surface area contributed by atoms with E-state index in [0.717, 1.165) is 0 Å². The van der Waals surface area contributed by atoms with Crippen LogP contribution in [0.2, 0.25) is 0 Å². The number of unbranched alkanes of at least 4 members (excludes halogenated alkanes) is 1. The predicted molar refractivity (Wildman–Crippen MR) is 68.9 cm³/mol. The van der Waals surface area contributed by atoms with Gasteiger partial charge in [-0.25, -0.2) is 0 Å². The van der Waals surface area contributed by atoms with Gasteiger partial charge in [0.15, 0.2) is 0 Å². The van der Waals surface area contributed by atoms with Crippen molar-refractivity contribution < 1.29 is 9.18 Å². The number of ketones is 1. The van der Waals surface area contributed by atoms with Gasteiger partial charge in [-0.3, -0.25) is 9.18 Å². The second-order valence-corrected chi connectivity index (χ2v) is 5.48. The zero-order chi connectivity index (χ0) is 12.7. The highest BCUT2D eigenvalue weighted by Gasteiger charge is 2.25. The third kappa shape index (κ3) is 5.15. The summed E-state index contributed by atoms with van der Waals surface area (Å²) in [5.41, 5.74) is 0. The average Bonchev–Trinajstić information content (AvgIpc) is 2.78. The summed E-state index contributed by atoms with van der Waals surface area (Å²) in [6.07, 6.45) is 6.66. The molecule has 0 saturated heterocycles. The lowest BCUT2D eigenvalue weighted by molar-refractivity contribution is -0.122. The minimum absolute atomic E-state index is 0.0299. The first-order chi connectivity index (χ1) is 8.15. The first-order valence-corrected chi connectivity index (χ1v) is 7.00. The minimum atomic E-state index is -0.310. The molecule has 0 aromatic heterocycles. The molecule has 1 fully saturated rings. The molecule has 1 rings (SSSR count). The third-order valence-electron chi connectivity index (χ3n) is 3.59. The molecule has 1 N–H and O–H groups in total. The predicted octanol–water partition coefficient (Wildman–Crippen LogP) is 3.25. The maximum absolute atomic E-state index is 12.1. The van der Waals surface area contributed by atoms with Gasteiger partial charge in [-0.15, -0.1) is 0 Å². The quantitative estimate of drug-likeness (QED) is 0.663. The Balaban J connectivity index is 2.37. The minimum Gasteiger partial charge on any atom is -0.304 e. The van der Waals surface area contributed by atoms with Crippen molar-refractivity contribution in [1.29, 1.82) is 0 Å². The molecule has 0 aromatic rings.